The Hall–Kier alpha value is -0.990. The van der Waals surface area contributed by atoms with E-state index in [4.69, 9.17) is 5.11 Å². The van der Waals surface area contributed by atoms with Crippen LogP contribution in [0.15, 0.2) is 12.2 Å². The van der Waals surface area contributed by atoms with E-state index >= 15 is 0 Å². The Morgan fingerprint density at radius 3 is 2.69 bits per heavy atom. The molecular formula is C10H18O3. The number of carbonyl (C=O) groups is 1. The Balaban J connectivity index is 3.08. The molecule has 0 saturated heterocycles. The smallest absolute Gasteiger partial charge is 0.450 e. The van der Waals surface area contributed by atoms with Crippen LogP contribution in [0.2, 0.25) is 0 Å². The average Bonchev–Trinajstić information content (AvgIpc) is 2.09. The molecule has 0 unspecified atom stereocenters. The van der Waals surface area contributed by atoms with Gasteiger partial charge in [0.1, 0.15) is 6.61 Å². The van der Waals surface area contributed by atoms with Gasteiger partial charge in [0.2, 0.25) is 0 Å². The molecule has 0 aromatic rings. The van der Waals surface area contributed by atoms with Crippen molar-refractivity contribution in [3.63, 3.8) is 0 Å². The fourth-order valence-electron chi connectivity index (χ4n) is 0.994. The van der Waals surface area contributed by atoms with Crippen molar-refractivity contribution in [3.8, 4) is 0 Å². The minimum Gasteiger partial charge on any atom is -0.450 e. The lowest BCUT2D eigenvalue weighted by Gasteiger charge is -1.95. The van der Waals surface area contributed by atoms with E-state index in [9.17, 15) is 4.79 Å². The highest BCUT2D eigenvalue weighted by Gasteiger charge is 1.90. The van der Waals surface area contributed by atoms with Crippen LogP contribution >= 0.6 is 0 Å². The van der Waals surface area contributed by atoms with Crippen molar-refractivity contribution in [2.45, 2.75) is 39.0 Å². The number of ether oxygens (including phenoxy) is 1. The Bertz CT molecular complexity index is 152. The third kappa shape index (κ3) is 11.0. The number of unbranched alkanes of at least 4 members (excludes halogenated alkanes) is 4. The van der Waals surface area contributed by atoms with Crippen molar-refractivity contribution < 1.29 is 14.6 Å². The van der Waals surface area contributed by atoms with Crippen LogP contribution in [-0.4, -0.2) is 17.9 Å². The summed E-state index contributed by atoms with van der Waals surface area (Å²) in [6, 6.07) is 0. The second-order valence-electron chi connectivity index (χ2n) is 2.90. The summed E-state index contributed by atoms with van der Waals surface area (Å²) in [4.78, 5) is 9.92. The van der Waals surface area contributed by atoms with Crippen molar-refractivity contribution in [1.82, 2.24) is 0 Å². The van der Waals surface area contributed by atoms with Crippen LogP contribution < -0.4 is 0 Å². The average molecular weight is 186 g/mol. The topological polar surface area (TPSA) is 46.5 Å². The van der Waals surface area contributed by atoms with Gasteiger partial charge >= 0.3 is 6.16 Å². The van der Waals surface area contributed by atoms with Crippen LogP contribution in [0.25, 0.3) is 0 Å². The van der Waals surface area contributed by atoms with Crippen LogP contribution in [-0.2, 0) is 4.74 Å². The van der Waals surface area contributed by atoms with Crippen molar-refractivity contribution in [3.05, 3.63) is 12.2 Å². The fraction of sp³-hybridized carbons (Fsp3) is 0.700. The zero-order valence-corrected chi connectivity index (χ0v) is 8.16. The van der Waals surface area contributed by atoms with E-state index in [1.807, 2.05) is 6.08 Å². The van der Waals surface area contributed by atoms with E-state index in [1.54, 1.807) is 6.08 Å². The molecular weight excluding hydrogens is 168 g/mol. The summed E-state index contributed by atoms with van der Waals surface area (Å²) >= 11 is 0. The number of allylic oxidation sites excluding steroid dienone is 1. The highest BCUT2D eigenvalue weighted by molar-refractivity contribution is 5.56. The molecule has 1 N–H and O–H groups in total. The maximum atomic E-state index is 9.92. The first kappa shape index (κ1) is 12.0. The summed E-state index contributed by atoms with van der Waals surface area (Å²) in [5.41, 5.74) is 0. The Labute approximate surface area is 79.4 Å². The Morgan fingerprint density at radius 1 is 1.31 bits per heavy atom. The normalized spacial score (nSPS) is 10.5. The number of carboxylic acid groups (broad SMARTS) is 1. The molecule has 3 heteroatoms. The first-order valence-electron chi connectivity index (χ1n) is 4.78. The summed E-state index contributed by atoms with van der Waals surface area (Å²) < 4.78 is 4.30. The number of hydrogen-bond acceptors (Lipinski definition) is 2. The highest BCUT2D eigenvalue weighted by atomic mass is 16.7. The summed E-state index contributed by atoms with van der Waals surface area (Å²) in [5.74, 6) is 0. The SMILES string of the molecule is CCCCCC/C=C\COC(=O)O. The molecule has 0 fully saturated rings. The minimum absolute atomic E-state index is 0.170. The molecule has 0 atom stereocenters. The first-order valence-corrected chi connectivity index (χ1v) is 4.78. The highest BCUT2D eigenvalue weighted by Crippen LogP contribution is 2.02. The summed E-state index contributed by atoms with van der Waals surface area (Å²) in [6.45, 7) is 2.35. The lowest BCUT2D eigenvalue weighted by molar-refractivity contribution is 0.102. The van der Waals surface area contributed by atoms with Gasteiger partial charge in [0.25, 0.3) is 0 Å². The van der Waals surface area contributed by atoms with E-state index in [0.29, 0.717) is 0 Å². The van der Waals surface area contributed by atoms with Crippen LogP contribution in [0.5, 0.6) is 0 Å². The van der Waals surface area contributed by atoms with Crippen molar-refractivity contribution in [1.29, 1.82) is 0 Å². The molecule has 0 spiro atoms. The van der Waals surface area contributed by atoms with Crippen LogP contribution in [0.3, 0.4) is 0 Å². The first-order chi connectivity index (χ1) is 6.27. The minimum atomic E-state index is -1.21. The van der Waals surface area contributed by atoms with Crippen LogP contribution in [0.1, 0.15) is 39.0 Å². The standard InChI is InChI=1S/C10H18O3/c1-2-3-4-5-6-7-8-9-13-10(11)12/h7-8H,2-6,9H2,1H3,(H,11,12)/b8-7-. The molecule has 0 aliphatic heterocycles. The zero-order chi connectivity index (χ0) is 9.94. The maximum absolute atomic E-state index is 9.92. The van der Waals surface area contributed by atoms with Crippen molar-refractivity contribution >= 4 is 6.16 Å². The van der Waals surface area contributed by atoms with Gasteiger partial charge in [-0.1, -0.05) is 38.3 Å². The molecule has 0 aliphatic carbocycles. The van der Waals surface area contributed by atoms with Crippen molar-refractivity contribution in [2.75, 3.05) is 6.61 Å². The van der Waals surface area contributed by atoms with Crippen LogP contribution in [0, 0.1) is 0 Å². The van der Waals surface area contributed by atoms with Gasteiger partial charge in [-0.25, -0.2) is 4.79 Å². The van der Waals surface area contributed by atoms with E-state index < -0.39 is 6.16 Å². The van der Waals surface area contributed by atoms with Gasteiger partial charge in [-0.05, 0) is 12.8 Å². The zero-order valence-electron chi connectivity index (χ0n) is 8.16. The number of rotatable bonds is 7. The summed E-state index contributed by atoms with van der Waals surface area (Å²) in [6.07, 6.45) is 8.47. The van der Waals surface area contributed by atoms with E-state index in [2.05, 4.69) is 11.7 Å². The maximum Gasteiger partial charge on any atom is 0.506 e. The van der Waals surface area contributed by atoms with Gasteiger partial charge in [0.05, 0.1) is 0 Å². The quantitative estimate of drug-likeness (QED) is 0.377. The largest absolute Gasteiger partial charge is 0.506 e. The molecule has 0 saturated carbocycles. The number of hydrogen-bond donors (Lipinski definition) is 1. The van der Waals surface area contributed by atoms with Gasteiger partial charge in [-0.2, -0.15) is 0 Å². The van der Waals surface area contributed by atoms with Gasteiger partial charge < -0.3 is 9.84 Å². The summed E-state index contributed by atoms with van der Waals surface area (Å²) in [7, 11) is 0. The van der Waals surface area contributed by atoms with E-state index in [1.165, 1.54) is 25.7 Å². The third-order valence-corrected chi connectivity index (χ3v) is 1.69. The Morgan fingerprint density at radius 2 is 2.08 bits per heavy atom. The van der Waals surface area contributed by atoms with E-state index in [0.717, 1.165) is 6.42 Å². The molecule has 0 rings (SSSR count). The predicted molar refractivity (Wildman–Crippen MR) is 51.9 cm³/mol. The second kappa shape index (κ2) is 9.10. The molecule has 0 amide bonds. The molecule has 3 nitrogen and oxygen atoms in total. The molecule has 76 valence electrons. The van der Waals surface area contributed by atoms with Crippen molar-refractivity contribution in [2.24, 2.45) is 0 Å². The Kier molecular flexibility index (Phi) is 8.41. The van der Waals surface area contributed by atoms with Crippen LogP contribution in [0.4, 0.5) is 4.79 Å². The lowest BCUT2D eigenvalue weighted by atomic mass is 10.1. The van der Waals surface area contributed by atoms with Gasteiger partial charge in [0.15, 0.2) is 0 Å². The van der Waals surface area contributed by atoms with Gasteiger partial charge in [-0.15, -0.1) is 0 Å². The molecule has 0 aromatic heterocycles. The summed E-state index contributed by atoms with van der Waals surface area (Å²) in [5, 5.41) is 8.13. The lowest BCUT2D eigenvalue weighted by Crippen LogP contribution is -1.98. The fourth-order valence-corrected chi connectivity index (χ4v) is 0.994. The molecule has 0 radical (unpaired) electrons. The monoisotopic (exact) mass is 186 g/mol. The third-order valence-electron chi connectivity index (χ3n) is 1.69. The van der Waals surface area contributed by atoms with E-state index in [-0.39, 0.29) is 6.61 Å². The molecule has 0 aromatic carbocycles. The molecule has 0 bridgehead atoms. The predicted octanol–water partition coefficient (Wildman–Crippen LogP) is 3.21. The van der Waals surface area contributed by atoms with Gasteiger partial charge in [0, 0.05) is 0 Å². The molecule has 0 aliphatic rings. The van der Waals surface area contributed by atoms with Gasteiger partial charge in [-0.3, -0.25) is 0 Å². The molecule has 0 heterocycles. The molecule has 13 heavy (non-hydrogen) atoms. The second-order valence-corrected chi connectivity index (χ2v) is 2.90.